The van der Waals surface area contributed by atoms with Gasteiger partial charge in [0.1, 0.15) is 11.5 Å². The third-order valence-corrected chi connectivity index (χ3v) is 6.04. The first-order valence-electron chi connectivity index (χ1n) is 13.9. The quantitative estimate of drug-likeness (QED) is 0.125. The van der Waals surface area contributed by atoms with Crippen molar-refractivity contribution in [2.24, 2.45) is 0 Å². The lowest BCUT2D eigenvalue weighted by atomic mass is 10.2. The highest BCUT2D eigenvalue weighted by atomic mass is 16.5. The van der Waals surface area contributed by atoms with Gasteiger partial charge in [-0.05, 0) is 54.1 Å². The number of aromatic nitrogens is 3. The monoisotopic (exact) mass is 587 g/mol. The SMILES string of the molecule is COc1ccc(Nc2nc(NCCOCCOCCNC(=O)c3ccccc3)nc(NCc3cccc(OC)c3)n2)cc1. The number of nitrogens with zero attached hydrogens (tertiary/aromatic N) is 3. The molecule has 43 heavy (non-hydrogen) atoms. The van der Waals surface area contributed by atoms with Crippen LogP contribution in [0.15, 0.2) is 78.9 Å². The third-order valence-electron chi connectivity index (χ3n) is 6.04. The molecule has 0 atom stereocenters. The van der Waals surface area contributed by atoms with Crippen molar-refractivity contribution in [3.05, 3.63) is 90.0 Å². The Balaban J connectivity index is 1.22. The first-order chi connectivity index (χ1) is 21.1. The van der Waals surface area contributed by atoms with Crippen LogP contribution in [0.2, 0.25) is 0 Å². The molecule has 226 valence electrons. The second-order valence-corrected chi connectivity index (χ2v) is 9.14. The molecular formula is C31H37N7O5. The smallest absolute Gasteiger partial charge is 0.251 e. The molecule has 4 N–H and O–H groups in total. The second-order valence-electron chi connectivity index (χ2n) is 9.14. The van der Waals surface area contributed by atoms with Gasteiger partial charge in [0.25, 0.3) is 5.91 Å². The minimum absolute atomic E-state index is 0.120. The number of benzene rings is 3. The summed E-state index contributed by atoms with van der Waals surface area (Å²) in [7, 11) is 3.26. The Hall–Kier alpha value is -4.94. The largest absolute Gasteiger partial charge is 0.497 e. The van der Waals surface area contributed by atoms with Crippen molar-refractivity contribution in [1.29, 1.82) is 0 Å². The van der Waals surface area contributed by atoms with Crippen molar-refractivity contribution < 1.29 is 23.7 Å². The summed E-state index contributed by atoms with van der Waals surface area (Å²) in [6, 6.07) is 24.3. The summed E-state index contributed by atoms with van der Waals surface area (Å²) in [5.41, 5.74) is 2.45. The third kappa shape index (κ3) is 10.8. The number of rotatable bonds is 18. The molecule has 4 rings (SSSR count). The fourth-order valence-electron chi connectivity index (χ4n) is 3.84. The molecule has 3 aromatic carbocycles. The molecule has 12 heteroatoms. The minimum atomic E-state index is -0.120. The molecule has 0 saturated heterocycles. The Morgan fingerprint density at radius 2 is 1.35 bits per heavy atom. The fourth-order valence-corrected chi connectivity index (χ4v) is 3.84. The number of anilines is 4. The zero-order valence-electron chi connectivity index (χ0n) is 24.3. The summed E-state index contributed by atoms with van der Waals surface area (Å²) in [6.07, 6.45) is 0. The van der Waals surface area contributed by atoms with Gasteiger partial charge in [0.15, 0.2) is 0 Å². The zero-order chi connectivity index (χ0) is 30.1. The Morgan fingerprint density at radius 1 is 0.674 bits per heavy atom. The van der Waals surface area contributed by atoms with Crippen molar-refractivity contribution >= 4 is 29.4 Å². The first kappa shape index (κ1) is 31.0. The molecule has 0 aliphatic rings. The second kappa shape index (κ2) is 17.1. The van der Waals surface area contributed by atoms with Gasteiger partial charge >= 0.3 is 0 Å². The van der Waals surface area contributed by atoms with E-state index in [0.717, 1.165) is 22.7 Å². The van der Waals surface area contributed by atoms with Gasteiger partial charge < -0.3 is 40.2 Å². The van der Waals surface area contributed by atoms with E-state index in [9.17, 15) is 4.79 Å². The zero-order valence-corrected chi connectivity index (χ0v) is 24.3. The molecular weight excluding hydrogens is 550 g/mol. The summed E-state index contributed by atoms with van der Waals surface area (Å²) in [4.78, 5) is 25.6. The molecule has 0 unspecified atom stereocenters. The highest BCUT2D eigenvalue weighted by molar-refractivity contribution is 5.94. The number of carbonyl (C=O) groups excluding carboxylic acids is 1. The van der Waals surface area contributed by atoms with Crippen LogP contribution in [0.25, 0.3) is 0 Å². The summed E-state index contributed by atoms with van der Waals surface area (Å²) in [6.45, 7) is 3.07. The predicted molar refractivity (Wildman–Crippen MR) is 165 cm³/mol. The molecule has 0 saturated carbocycles. The Labute approximate surface area is 251 Å². The molecule has 0 fully saturated rings. The van der Waals surface area contributed by atoms with E-state index in [-0.39, 0.29) is 5.91 Å². The van der Waals surface area contributed by atoms with Crippen molar-refractivity contribution in [3.63, 3.8) is 0 Å². The van der Waals surface area contributed by atoms with E-state index in [1.807, 2.05) is 66.7 Å². The molecule has 0 aliphatic heterocycles. The summed E-state index contributed by atoms with van der Waals surface area (Å²) < 4.78 is 21.7. The molecule has 4 aromatic rings. The van der Waals surface area contributed by atoms with Crippen LogP contribution in [0.1, 0.15) is 15.9 Å². The maximum Gasteiger partial charge on any atom is 0.251 e. The summed E-state index contributed by atoms with van der Waals surface area (Å²) in [5, 5.41) is 12.5. The fraction of sp³-hybridized carbons (Fsp3) is 0.290. The van der Waals surface area contributed by atoms with Gasteiger partial charge in [0.05, 0.1) is 40.6 Å². The lowest BCUT2D eigenvalue weighted by Gasteiger charge is -2.12. The molecule has 0 radical (unpaired) electrons. The highest BCUT2D eigenvalue weighted by Gasteiger charge is 2.08. The average molecular weight is 588 g/mol. The van der Waals surface area contributed by atoms with Gasteiger partial charge in [0, 0.05) is 30.9 Å². The van der Waals surface area contributed by atoms with E-state index >= 15 is 0 Å². The predicted octanol–water partition coefficient (Wildman–Crippen LogP) is 4.12. The average Bonchev–Trinajstić information content (AvgIpc) is 3.05. The maximum absolute atomic E-state index is 12.0. The Bertz CT molecular complexity index is 1410. The van der Waals surface area contributed by atoms with Gasteiger partial charge in [-0.3, -0.25) is 4.79 Å². The van der Waals surface area contributed by atoms with E-state index < -0.39 is 0 Å². The molecule has 0 bridgehead atoms. The van der Waals surface area contributed by atoms with Crippen molar-refractivity contribution in [2.75, 3.05) is 69.7 Å². The summed E-state index contributed by atoms with van der Waals surface area (Å²) >= 11 is 0. The molecule has 1 heterocycles. The number of ether oxygens (including phenoxy) is 4. The lowest BCUT2D eigenvalue weighted by Crippen LogP contribution is -2.27. The van der Waals surface area contributed by atoms with E-state index in [1.54, 1.807) is 26.4 Å². The van der Waals surface area contributed by atoms with Crippen LogP contribution in [-0.2, 0) is 16.0 Å². The molecule has 12 nitrogen and oxygen atoms in total. The number of nitrogens with one attached hydrogen (secondary N) is 4. The van der Waals surface area contributed by atoms with Gasteiger partial charge in [-0.25, -0.2) is 0 Å². The van der Waals surface area contributed by atoms with E-state index in [2.05, 4.69) is 36.2 Å². The van der Waals surface area contributed by atoms with Crippen LogP contribution in [0, 0.1) is 0 Å². The van der Waals surface area contributed by atoms with Crippen LogP contribution in [-0.4, -0.2) is 74.6 Å². The highest BCUT2D eigenvalue weighted by Crippen LogP contribution is 2.20. The van der Waals surface area contributed by atoms with Crippen molar-refractivity contribution in [1.82, 2.24) is 20.3 Å². The number of methoxy groups -OCH3 is 2. The number of hydrogen-bond acceptors (Lipinski definition) is 11. The van der Waals surface area contributed by atoms with Crippen LogP contribution >= 0.6 is 0 Å². The molecule has 0 spiro atoms. The number of amides is 1. The molecule has 1 aromatic heterocycles. The molecule has 0 aliphatic carbocycles. The van der Waals surface area contributed by atoms with Gasteiger partial charge in [-0.15, -0.1) is 0 Å². The first-order valence-corrected chi connectivity index (χ1v) is 13.9. The Kier molecular flexibility index (Phi) is 12.3. The number of hydrogen-bond donors (Lipinski definition) is 4. The van der Waals surface area contributed by atoms with Gasteiger partial charge in [0.2, 0.25) is 17.8 Å². The van der Waals surface area contributed by atoms with Gasteiger partial charge in [-0.1, -0.05) is 30.3 Å². The normalized spacial score (nSPS) is 10.6. The lowest BCUT2D eigenvalue weighted by molar-refractivity contribution is 0.0519. The van der Waals surface area contributed by atoms with Gasteiger partial charge in [-0.2, -0.15) is 15.0 Å². The topological polar surface area (TPSA) is 141 Å². The van der Waals surface area contributed by atoms with Crippen LogP contribution in [0.5, 0.6) is 11.5 Å². The van der Waals surface area contributed by atoms with Crippen LogP contribution in [0.4, 0.5) is 23.5 Å². The number of carbonyl (C=O) groups is 1. The van der Waals surface area contributed by atoms with E-state index in [4.69, 9.17) is 18.9 Å². The van der Waals surface area contributed by atoms with Crippen molar-refractivity contribution in [3.8, 4) is 11.5 Å². The van der Waals surface area contributed by atoms with Crippen molar-refractivity contribution in [2.45, 2.75) is 6.54 Å². The Morgan fingerprint density at radius 3 is 2.07 bits per heavy atom. The minimum Gasteiger partial charge on any atom is -0.497 e. The molecule has 1 amide bonds. The maximum atomic E-state index is 12.0. The van der Waals surface area contributed by atoms with Crippen LogP contribution in [0.3, 0.4) is 0 Å². The van der Waals surface area contributed by atoms with E-state index in [1.165, 1.54) is 0 Å². The standard InChI is InChI=1S/C31H37N7O5/c1-40-26-13-11-25(12-14-26)35-31-37-29(36-30(38-31)34-22-23-7-6-10-27(21-23)41-2)33-16-18-43-20-19-42-17-15-32-28(39)24-8-4-3-5-9-24/h3-14,21H,15-20,22H2,1-2H3,(H,32,39)(H3,33,34,35,36,37,38). The summed E-state index contributed by atoms with van der Waals surface area (Å²) in [5.74, 6) is 2.59. The van der Waals surface area contributed by atoms with Crippen LogP contribution < -0.4 is 30.7 Å². The van der Waals surface area contributed by atoms with E-state index in [0.29, 0.717) is 69.5 Å².